The quantitative estimate of drug-likeness (QED) is 0.590. The number of nitrogens with zero attached hydrogens (tertiary/aromatic N) is 2. The van der Waals surface area contributed by atoms with E-state index in [0.717, 1.165) is 5.69 Å². The first-order valence-corrected chi connectivity index (χ1v) is 11.2. The number of benzene rings is 2. The Kier molecular flexibility index (Phi) is 8.00. The van der Waals surface area contributed by atoms with Crippen LogP contribution in [0, 0.1) is 0 Å². The smallest absolute Gasteiger partial charge is 0.258 e. The van der Waals surface area contributed by atoms with E-state index in [2.05, 4.69) is 15.5 Å². The molecule has 2 amide bonds. The normalized spacial score (nSPS) is 13.7. The molecule has 1 saturated heterocycles. The molecule has 0 atom stereocenters. The van der Waals surface area contributed by atoms with Crippen LogP contribution < -0.4 is 15.5 Å². The third kappa shape index (κ3) is 6.01. The first-order chi connectivity index (χ1) is 14.8. The highest BCUT2D eigenvalue weighted by atomic mass is 35.5. The molecule has 31 heavy (non-hydrogen) atoms. The van der Waals surface area contributed by atoms with Gasteiger partial charge >= 0.3 is 0 Å². The molecule has 0 unspecified atom stereocenters. The Morgan fingerprint density at radius 2 is 1.71 bits per heavy atom. The van der Waals surface area contributed by atoms with E-state index in [1.807, 2.05) is 24.0 Å². The minimum atomic E-state index is -0.466. The van der Waals surface area contributed by atoms with E-state index in [0.29, 0.717) is 48.3 Å². The van der Waals surface area contributed by atoms with Gasteiger partial charge in [-0.3, -0.25) is 14.9 Å². The average Bonchev–Trinajstić information content (AvgIpc) is 2.75. The van der Waals surface area contributed by atoms with Gasteiger partial charge in [-0.05, 0) is 48.6 Å². The van der Waals surface area contributed by atoms with Crippen molar-refractivity contribution in [3.8, 4) is 0 Å². The van der Waals surface area contributed by atoms with Gasteiger partial charge in [0.05, 0.1) is 21.3 Å². The summed E-state index contributed by atoms with van der Waals surface area (Å²) in [5.41, 5.74) is 1.75. The van der Waals surface area contributed by atoms with E-state index in [-0.39, 0.29) is 21.6 Å². The largest absolute Gasteiger partial charge is 0.367 e. The predicted molar refractivity (Wildman–Crippen MR) is 131 cm³/mol. The standard InChI is InChI=1S/C21H21Cl3N4O2S/c1-2-19(29)28-9-7-27(8-10-28)18-6-4-14(12-17(18)24)25-21(31)26-20(30)15-11-13(22)3-5-16(15)23/h3-6,11-12H,2,7-10H2,1H3,(H2,25,26,30,31). The van der Waals surface area contributed by atoms with Gasteiger partial charge in [0, 0.05) is 43.3 Å². The predicted octanol–water partition coefficient (Wildman–Crippen LogP) is 4.83. The number of anilines is 2. The number of hydrogen-bond acceptors (Lipinski definition) is 4. The summed E-state index contributed by atoms with van der Waals surface area (Å²) in [5, 5.41) is 6.85. The van der Waals surface area contributed by atoms with Crippen LogP contribution in [0.3, 0.4) is 0 Å². The second kappa shape index (κ2) is 10.5. The van der Waals surface area contributed by atoms with Crippen molar-refractivity contribution in [3.63, 3.8) is 0 Å². The summed E-state index contributed by atoms with van der Waals surface area (Å²) in [6.45, 7) is 4.64. The molecule has 1 aliphatic rings. The van der Waals surface area contributed by atoms with Crippen molar-refractivity contribution in [1.82, 2.24) is 10.2 Å². The lowest BCUT2D eigenvalue weighted by Gasteiger charge is -2.36. The van der Waals surface area contributed by atoms with Crippen LogP contribution in [0.1, 0.15) is 23.7 Å². The molecule has 1 heterocycles. The number of rotatable bonds is 4. The topological polar surface area (TPSA) is 64.7 Å². The van der Waals surface area contributed by atoms with Crippen LogP contribution in [0.25, 0.3) is 0 Å². The minimum absolute atomic E-state index is 0.108. The van der Waals surface area contributed by atoms with Gasteiger partial charge < -0.3 is 15.1 Å². The fourth-order valence-corrected chi connectivity index (χ4v) is 4.15. The second-order valence-electron chi connectivity index (χ2n) is 6.92. The molecule has 2 N–H and O–H groups in total. The van der Waals surface area contributed by atoms with Crippen LogP contribution in [0.15, 0.2) is 36.4 Å². The average molecular weight is 500 g/mol. The van der Waals surface area contributed by atoms with Gasteiger partial charge in [-0.1, -0.05) is 41.7 Å². The zero-order valence-electron chi connectivity index (χ0n) is 16.8. The van der Waals surface area contributed by atoms with Crippen molar-refractivity contribution in [2.75, 3.05) is 36.4 Å². The third-order valence-electron chi connectivity index (χ3n) is 4.88. The van der Waals surface area contributed by atoms with E-state index in [4.69, 9.17) is 47.0 Å². The highest BCUT2D eigenvalue weighted by molar-refractivity contribution is 7.80. The molecule has 2 aromatic carbocycles. The zero-order chi connectivity index (χ0) is 22.5. The van der Waals surface area contributed by atoms with Crippen LogP contribution in [0.4, 0.5) is 11.4 Å². The van der Waals surface area contributed by atoms with Crippen LogP contribution in [0.2, 0.25) is 15.1 Å². The monoisotopic (exact) mass is 498 g/mol. The molecule has 0 bridgehead atoms. The third-order valence-corrected chi connectivity index (χ3v) is 5.95. The van der Waals surface area contributed by atoms with Gasteiger partial charge in [-0.25, -0.2) is 0 Å². The molecule has 0 radical (unpaired) electrons. The number of carbonyl (C=O) groups is 2. The fraction of sp³-hybridized carbons (Fsp3) is 0.286. The Balaban J connectivity index is 1.60. The lowest BCUT2D eigenvalue weighted by molar-refractivity contribution is -0.131. The van der Waals surface area contributed by atoms with Crippen molar-refractivity contribution in [1.29, 1.82) is 0 Å². The van der Waals surface area contributed by atoms with E-state index in [1.54, 1.807) is 18.2 Å². The second-order valence-corrected chi connectivity index (χ2v) is 8.58. The van der Waals surface area contributed by atoms with Crippen molar-refractivity contribution >= 4 is 75.3 Å². The molecule has 2 aromatic rings. The summed E-state index contributed by atoms with van der Waals surface area (Å²) in [7, 11) is 0. The lowest BCUT2D eigenvalue weighted by atomic mass is 10.2. The number of amides is 2. The molecule has 6 nitrogen and oxygen atoms in total. The highest BCUT2D eigenvalue weighted by Gasteiger charge is 2.21. The number of carbonyl (C=O) groups excluding carboxylic acids is 2. The van der Waals surface area contributed by atoms with Gasteiger partial charge in [0.15, 0.2) is 5.11 Å². The summed E-state index contributed by atoms with van der Waals surface area (Å²) in [6, 6.07) is 10.1. The summed E-state index contributed by atoms with van der Waals surface area (Å²) in [5.74, 6) is -0.299. The fourth-order valence-electron chi connectivity index (χ4n) is 3.27. The molecule has 0 aromatic heterocycles. The lowest BCUT2D eigenvalue weighted by Crippen LogP contribution is -2.48. The van der Waals surface area contributed by atoms with Crippen molar-refractivity contribution in [3.05, 3.63) is 57.0 Å². The molecule has 164 valence electrons. The minimum Gasteiger partial charge on any atom is -0.367 e. The van der Waals surface area contributed by atoms with Crippen LogP contribution >= 0.6 is 47.0 Å². The van der Waals surface area contributed by atoms with E-state index < -0.39 is 5.91 Å². The van der Waals surface area contributed by atoms with Gasteiger partial charge in [-0.15, -0.1) is 0 Å². The number of thiocarbonyl (C=S) groups is 1. The molecular formula is C21H21Cl3N4O2S. The van der Waals surface area contributed by atoms with Gasteiger partial charge in [-0.2, -0.15) is 0 Å². The summed E-state index contributed by atoms with van der Waals surface area (Å²) < 4.78 is 0. The Morgan fingerprint density at radius 1 is 1.00 bits per heavy atom. The molecule has 10 heteroatoms. The Morgan fingerprint density at radius 3 is 2.35 bits per heavy atom. The Labute approximate surface area is 201 Å². The highest BCUT2D eigenvalue weighted by Crippen LogP contribution is 2.30. The SMILES string of the molecule is CCC(=O)N1CCN(c2ccc(NC(=S)NC(=O)c3cc(Cl)ccc3Cl)cc2Cl)CC1. The molecular weight excluding hydrogens is 479 g/mol. The van der Waals surface area contributed by atoms with Crippen molar-refractivity contribution < 1.29 is 9.59 Å². The summed E-state index contributed by atoms with van der Waals surface area (Å²) >= 11 is 23.7. The van der Waals surface area contributed by atoms with Crippen LogP contribution in [-0.4, -0.2) is 48.0 Å². The summed E-state index contributed by atoms with van der Waals surface area (Å²) in [4.78, 5) is 28.3. The van der Waals surface area contributed by atoms with Gasteiger partial charge in [0.2, 0.25) is 5.91 Å². The number of hydrogen-bond donors (Lipinski definition) is 2. The van der Waals surface area contributed by atoms with E-state index in [1.165, 1.54) is 6.07 Å². The van der Waals surface area contributed by atoms with Crippen molar-refractivity contribution in [2.24, 2.45) is 0 Å². The summed E-state index contributed by atoms with van der Waals surface area (Å²) in [6.07, 6.45) is 0.515. The maximum Gasteiger partial charge on any atom is 0.258 e. The van der Waals surface area contributed by atoms with Crippen molar-refractivity contribution in [2.45, 2.75) is 13.3 Å². The molecule has 1 fully saturated rings. The zero-order valence-corrected chi connectivity index (χ0v) is 19.8. The Hall–Kier alpha value is -2.06. The molecule has 1 aliphatic heterocycles. The number of nitrogens with one attached hydrogen (secondary N) is 2. The number of piperazine rings is 1. The Bertz CT molecular complexity index is 1010. The molecule has 0 saturated carbocycles. The first kappa shape index (κ1) is 23.6. The van der Waals surface area contributed by atoms with Crippen LogP contribution in [0.5, 0.6) is 0 Å². The van der Waals surface area contributed by atoms with E-state index >= 15 is 0 Å². The van der Waals surface area contributed by atoms with E-state index in [9.17, 15) is 9.59 Å². The maximum atomic E-state index is 12.4. The number of halogens is 3. The van der Waals surface area contributed by atoms with Crippen LogP contribution in [-0.2, 0) is 4.79 Å². The van der Waals surface area contributed by atoms with Gasteiger partial charge in [0.1, 0.15) is 0 Å². The first-order valence-electron chi connectivity index (χ1n) is 9.68. The molecule has 0 spiro atoms. The van der Waals surface area contributed by atoms with Gasteiger partial charge in [0.25, 0.3) is 5.91 Å². The molecule has 3 rings (SSSR count). The maximum absolute atomic E-state index is 12.4. The molecule has 0 aliphatic carbocycles.